The standard InChI is InChI=1S/C19H18N4S/c1-11-4-3-5-13(8-11)17-21-22-18-16-14-7-6-12(2)9-15(14)24-19(16)20-10-23(17)18/h3-5,8,10,12H,6-7,9H2,1-2H3. The van der Waals surface area contributed by atoms with E-state index in [9.17, 15) is 0 Å². The molecule has 4 nitrogen and oxygen atoms in total. The molecule has 5 heteroatoms. The van der Waals surface area contributed by atoms with E-state index in [1.165, 1.54) is 34.2 Å². The Morgan fingerprint density at radius 1 is 1.25 bits per heavy atom. The molecule has 0 saturated heterocycles. The average Bonchev–Trinajstić information content (AvgIpc) is 3.14. The van der Waals surface area contributed by atoms with Gasteiger partial charge in [-0.1, -0.05) is 30.7 Å². The average molecular weight is 334 g/mol. The second kappa shape index (κ2) is 5.11. The molecule has 5 rings (SSSR count). The Hall–Kier alpha value is -2.27. The van der Waals surface area contributed by atoms with Gasteiger partial charge in [0.05, 0.1) is 5.39 Å². The third-order valence-corrected chi connectivity index (χ3v) is 6.14. The zero-order valence-corrected chi connectivity index (χ0v) is 14.6. The van der Waals surface area contributed by atoms with Crippen molar-refractivity contribution in [2.24, 2.45) is 5.92 Å². The van der Waals surface area contributed by atoms with E-state index in [0.717, 1.165) is 34.2 Å². The molecule has 1 atom stereocenters. The van der Waals surface area contributed by atoms with Crippen LogP contribution in [0.2, 0.25) is 0 Å². The van der Waals surface area contributed by atoms with E-state index < -0.39 is 0 Å². The van der Waals surface area contributed by atoms with Gasteiger partial charge in [-0.15, -0.1) is 21.5 Å². The monoisotopic (exact) mass is 334 g/mol. The van der Waals surface area contributed by atoms with Gasteiger partial charge in [-0.3, -0.25) is 4.40 Å². The lowest BCUT2D eigenvalue weighted by molar-refractivity contribution is 0.509. The Morgan fingerprint density at radius 3 is 3.04 bits per heavy atom. The molecule has 0 N–H and O–H groups in total. The lowest BCUT2D eigenvalue weighted by Crippen LogP contribution is -2.08. The van der Waals surface area contributed by atoms with E-state index in [2.05, 4.69) is 48.3 Å². The van der Waals surface area contributed by atoms with Crippen LogP contribution in [-0.2, 0) is 12.8 Å². The fraction of sp³-hybridized carbons (Fsp3) is 0.316. The second-order valence-electron chi connectivity index (χ2n) is 6.86. The van der Waals surface area contributed by atoms with Gasteiger partial charge in [-0.2, -0.15) is 0 Å². The molecule has 0 aliphatic heterocycles. The molecule has 1 aromatic carbocycles. The van der Waals surface area contributed by atoms with E-state index in [4.69, 9.17) is 4.98 Å². The SMILES string of the molecule is Cc1cccc(-c2nnc3c4c5c(sc4ncn23)CC(C)CC5)c1. The third kappa shape index (κ3) is 2.01. The summed E-state index contributed by atoms with van der Waals surface area (Å²) in [7, 11) is 0. The Morgan fingerprint density at radius 2 is 2.17 bits per heavy atom. The van der Waals surface area contributed by atoms with Gasteiger partial charge < -0.3 is 0 Å². The van der Waals surface area contributed by atoms with E-state index in [0.29, 0.717) is 0 Å². The van der Waals surface area contributed by atoms with Crippen molar-refractivity contribution >= 4 is 27.2 Å². The Balaban J connectivity index is 1.78. The van der Waals surface area contributed by atoms with E-state index in [1.54, 1.807) is 0 Å². The molecular weight excluding hydrogens is 316 g/mol. The minimum absolute atomic E-state index is 0.766. The van der Waals surface area contributed by atoms with Crippen molar-refractivity contribution in [3.05, 3.63) is 46.6 Å². The van der Waals surface area contributed by atoms with Crippen LogP contribution in [0.25, 0.3) is 27.3 Å². The first-order valence-corrected chi connectivity index (χ1v) is 9.23. The topological polar surface area (TPSA) is 43.1 Å². The predicted molar refractivity (Wildman–Crippen MR) is 97.5 cm³/mol. The van der Waals surface area contributed by atoms with Crippen LogP contribution < -0.4 is 0 Å². The Labute approximate surface area is 144 Å². The maximum atomic E-state index is 4.72. The molecule has 0 amide bonds. The van der Waals surface area contributed by atoms with Crippen LogP contribution in [0, 0.1) is 12.8 Å². The molecule has 1 aliphatic carbocycles. The maximum absolute atomic E-state index is 4.72. The number of hydrogen-bond donors (Lipinski definition) is 0. The van der Waals surface area contributed by atoms with Gasteiger partial charge in [-0.05, 0) is 43.7 Å². The van der Waals surface area contributed by atoms with E-state index >= 15 is 0 Å². The molecule has 4 aromatic rings. The van der Waals surface area contributed by atoms with E-state index in [-0.39, 0.29) is 0 Å². The number of hydrogen-bond acceptors (Lipinski definition) is 4. The van der Waals surface area contributed by atoms with Crippen LogP contribution in [0.3, 0.4) is 0 Å². The van der Waals surface area contributed by atoms with Crippen LogP contribution in [-0.4, -0.2) is 19.6 Å². The number of fused-ring (bicyclic) bond motifs is 5. The number of aryl methyl sites for hydroxylation is 2. The van der Waals surface area contributed by atoms with Crippen LogP contribution >= 0.6 is 11.3 Å². The fourth-order valence-electron chi connectivity index (χ4n) is 3.72. The van der Waals surface area contributed by atoms with Gasteiger partial charge in [0.25, 0.3) is 0 Å². The molecule has 1 aliphatic rings. The summed E-state index contributed by atoms with van der Waals surface area (Å²) in [5, 5.41) is 10.2. The van der Waals surface area contributed by atoms with Gasteiger partial charge in [-0.25, -0.2) is 4.98 Å². The van der Waals surface area contributed by atoms with Crippen molar-refractivity contribution in [2.45, 2.75) is 33.1 Å². The summed E-state index contributed by atoms with van der Waals surface area (Å²) in [6, 6.07) is 8.38. The van der Waals surface area contributed by atoms with E-state index in [1.807, 2.05) is 22.1 Å². The number of rotatable bonds is 1. The lowest BCUT2D eigenvalue weighted by Gasteiger charge is -2.17. The van der Waals surface area contributed by atoms with Crippen LogP contribution in [0.5, 0.6) is 0 Å². The first kappa shape index (κ1) is 14.1. The van der Waals surface area contributed by atoms with Crippen molar-refractivity contribution < 1.29 is 0 Å². The lowest BCUT2D eigenvalue weighted by atomic mass is 9.89. The zero-order valence-electron chi connectivity index (χ0n) is 13.8. The highest BCUT2D eigenvalue weighted by atomic mass is 32.1. The van der Waals surface area contributed by atoms with Crippen LogP contribution in [0.4, 0.5) is 0 Å². The van der Waals surface area contributed by atoms with Gasteiger partial charge in [0.2, 0.25) is 0 Å². The molecule has 24 heavy (non-hydrogen) atoms. The fourth-order valence-corrected chi connectivity index (χ4v) is 5.07. The normalized spacial score (nSPS) is 17.5. The summed E-state index contributed by atoms with van der Waals surface area (Å²) in [6.07, 6.45) is 5.42. The summed E-state index contributed by atoms with van der Waals surface area (Å²) >= 11 is 1.83. The van der Waals surface area contributed by atoms with Crippen molar-refractivity contribution in [3.8, 4) is 11.4 Å². The Bertz CT molecular complexity index is 1080. The van der Waals surface area contributed by atoms with Gasteiger partial charge in [0, 0.05) is 10.4 Å². The molecular formula is C19H18N4S. The number of aromatic nitrogens is 4. The first-order chi connectivity index (χ1) is 11.7. The third-order valence-electron chi connectivity index (χ3n) is 4.98. The van der Waals surface area contributed by atoms with Crippen molar-refractivity contribution in [3.63, 3.8) is 0 Å². The molecule has 3 heterocycles. The summed E-state index contributed by atoms with van der Waals surface area (Å²) in [5.74, 6) is 1.63. The largest absolute Gasteiger partial charge is 0.265 e. The summed E-state index contributed by atoms with van der Waals surface area (Å²) < 4.78 is 2.04. The smallest absolute Gasteiger partial charge is 0.172 e. The number of thiophene rings is 1. The molecule has 0 saturated carbocycles. The summed E-state index contributed by atoms with van der Waals surface area (Å²) in [4.78, 5) is 7.31. The molecule has 0 radical (unpaired) electrons. The van der Waals surface area contributed by atoms with Gasteiger partial charge in [0.1, 0.15) is 11.2 Å². The number of nitrogens with zero attached hydrogens (tertiary/aromatic N) is 4. The first-order valence-electron chi connectivity index (χ1n) is 8.42. The molecule has 120 valence electrons. The zero-order chi connectivity index (χ0) is 16.3. The molecule has 1 unspecified atom stereocenters. The van der Waals surface area contributed by atoms with Crippen molar-refractivity contribution in [1.82, 2.24) is 19.6 Å². The minimum Gasteiger partial charge on any atom is -0.265 e. The molecule has 3 aromatic heterocycles. The molecule has 0 bridgehead atoms. The second-order valence-corrected chi connectivity index (χ2v) is 7.95. The quantitative estimate of drug-likeness (QED) is 0.517. The number of benzene rings is 1. The van der Waals surface area contributed by atoms with Crippen molar-refractivity contribution in [1.29, 1.82) is 0 Å². The Kier molecular flexibility index (Phi) is 3.00. The summed E-state index contributed by atoms with van der Waals surface area (Å²) in [6.45, 7) is 4.43. The highest BCUT2D eigenvalue weighted by Crippen LogP contribution is 2.39. The minimum atomic E-state index is 0.766. The van der Waals surface area contributed by atoms with Gasteiger partial charge >= 0.3 is 0 Å². The van der Waals surface area contributed by atoms with Crippen LogP contribution in [0.15, 0.2) is 30.6 Å². The molecule has 0 spiro atoms. The molecule has 0 fully saturated rings. The van der Waals surface area contributed by atoms with Gasteiger partial charge in [0.15, 0.2) is 11.5 Å². The highest BCUT2D eigenvalue weighted by molar-refractivity contribution is 7.19. The van der Waals surface area contributed by atoms with Crippen molar-refractivity contribution in [2.75, 3.05) is 0 Å². The summed E-state index contributed by atoms with van der Waals surface area (Å²) in [5.41, 5.74) is 4.71. The maximum Gasteiger partial charge on any atom is 0.172 e. The predicted octanol–water partition coefficient (Wildman–Crippen LogP) is 4.44. The van der Waals surface area contributed by atoms with Crippen LogP contribution in [0.1, 0.15) is 29.3 Å². The highest BCUT2D eigenvalue weighted by Gasteiger charge is 2.24.